The van der Waals surface area contributed by atoms with E-state index >= 15 is 0 Å². The second-order valence-corrected chi connectivity index (χ2v) is 8.14. The Kier molecular flexibility index (Phi) is 8.13. The molecule has 27 heavy (non-hydrogen) atoms. The Hall–Kier alpha value is -2.05. The number of benzene rings is 2. The first-order valence-electron chi connectivity index (χ1n) is 9.47. The SMILES string of the molecule is CCCCCCCCCc1cc(Oc2cccc(S(=O)(=O)O)c2)ccc1O. The van der Waals surface area contributed by atoms with Crippen molar-refractivity contribution in [3.63, 3.8) is 0 Å². The first kappa shape index (κ1) is 21.3. The largest absolute Gasteiger partial charge is 0.508 e. The smallest absolute Gasteiger partial charge is 0.294 e. The van der Waals surface area contributed by atoms with Crippen LogP contribution in [0.2, 0.25) is 0 Å². The Morgan fingerprint density at radius 3 is 2.26 bits per heavy atom. The van der Waals surface area contributed by atoms with Gasteiger partial charge in [-0.3, -0.25) is 4.55 Å². The molecule has 2 aromatic rings. The van der Waals surface area contributed by atoms with E-state index in [0.29, 0.717) is 11.5 Å². The second-order valence-electron chi connectivity index (χ2n) is 6.71. The molecule has 0 saturated heterocycles. The van der Waals surface area contributed by atoms with Gasteiger partial charge in [-0.1, -0.05) is 51.5 Å². The molecule has 0 aliphatic heterocycles. The molecular formula is C21H28O5S. The van der Waals surface area contributed by atoms with Crippen molar-refractivity contribution in [2.45, 2.75) is 63.2 Å². The molecule has 2 rings (SSSR count). The van der Waals surface area contributed by atoms with Crippen LogP contribution < -0.4 is 4.74 Å². The Bertz CT molecular complexity index is 830. The van der Waals surface area contributed by atoms with Gasteiger partial charge < -0.3 is 9.84 Å². The van der Waals surface area contributed by atoms with Crippen molar-refractivity contribution < 1.29 is 22.8 Å². The number of hydrogen-bond acceptors (Lipinski definition) is 4. The van der Waals surface area contributed by atoms with Crippen LogP contribution in [0.1, 0.15) is 57.4 Å². The van der Waals surface area contributed by atoms with Crippen LogP contribution >= 0.6 is 0 Å². The highest BCUT2D eigenvalue weighted by Gasteiger charge is 2.11. The van der Waals surface area contributed by atoms with E-state index in [4.69, 9.17) is 9.29 Å². The Morgan fingerprint density at radius 1 is 0.889 bits per heavy atom. The summed E-state index contributed by atoms with van der Waals surface area (Å²) in [6.07, 6.45) is 9.18. The first-order chi connectivity index (χ1) is 12.9. The highest BCUT2D eigenvalue weighted by molar-refractivity contribution is 7.85. The predicted octanol–water partition coefficient (Wildman–Crippen LogP) is 5.72. The number of hydrogen-bond donors (Lipinski definition) is 2. The fraction of sp³-hybridized carbons (Fsp3) is 0.429. The molecule has 0 heterocycles. The van der Waals surface area contributed by atoms with E-state index in [9.17, 15) is 13.5 Å². The third kappa shape index (κ3) is 7.23. The fourth-order valence-corrected chi connectivity index (χ4v) is 3.45. The molecule has 0 amide bonds. The summed E-state index contributed by atoms with van der Waals surface area (Å²) in [4.78, 5) is -0.220. The van der Waals surface area contributed by atoms with Gasteiger partial charge >= 0.3 is 0 Å². The van der Waals surface area contributed by atoms with Crippen LogP contribution in [0.25, 0.3) is 0 Å². The van der Waals surface area contributed by atoms with Gasteiger partial charge in [0.2, 0.25) is 0 Å². The van der Waals surface area contributed by atoms with E-state index in [2.05, 4.69) is 6.92 Å². The number of aromatic hydroxyl groups is 1. The molecular weight excluding hydrogens is 364 g/mol. The number of phenolic OH excluding ortho intramolecular Hbond substituents is 1. The minimum atomic E-state index is -4.28. The molecule has 148 valence electrons. The maximum atomic E-state index is 11.2. The zero-order chi connectivity index (χ0) is 19.7. The van der Waals surface area contributed by atoms with Crippen molar-refractivity contribution in [1.29, 1.82) is 0 Å². The lowest BCUT2D eigenvalue weighted by Crippen LogP contribution is -1.98. The van der Waals surface area contributed by atoms with Crippen molar-refractivity contribution in [2.75, 3.05) is 0 Å². The van der Waals surface area contributed by atoms with Crippen LogP contribution in [0.4, 0.5) is 0 Å². The lowest BCUT2D eigenvalue weighted by Gasteiger charge is -2.10. The van der Waals surface area contributed by atoms with E-state index in [1.54, 1.807) is 24.3 Å². The van der Waals surface area contributed by atoms with Crippen LogP contribution in [0.5, 0.6) is 17.2 Å². The fourth-order valence-electron chi connectivity index (χ4n) is 2.93. The monoisotopic (exact) mass is 392 g/mol. The quantitative estimate of drug-likeness (QED) is 0.377. The molecule has 5 nitrogen and oxygen atoms in total. The minimum absolute atomic E-state index is 0.220. The van der Waals surface area contributed by atoms with E-state index in [0.717, 1.165) is 24.8 Å². The van der Waals surface area contributed by atoms with E-state index in [1.165, 1.54) is 50.3 Å². The van der Waals surface area contributed by atoms with Gasteiger partial charge in [-0.25, -0.2) is 0 Å². The molecule has 0 aromatic heterocycles. The van der Waals surface area contributed by atoms with Crippen LogP contribution in [0, 0.1) is 0 Å². The van der Waals surface area contributed by atoms with Crippen LogP contribution in [0.3, 0.4) is 0 Å². The lowest BCUT2D eigenvalue weighted by molar-refractivity contribution is 0.454. The van der Waals surface area contributed by atoms with Gasteiger partial charge in [-0.2, -0.15) is 8.42 Å². The van der Waals surface area contributed by atoms with E-state index in [-0.39, 0.29) is 10.6 Å². The second kappa shape index (κ2) is 10.3. The molecule has 0 fully saturated rings. The average molecular weight is 393 g/mol. The van der Waals surface area contributed by atoms with E-state index in [1.807, 2.05) is 0 Å². The van der Waals surface area contributed by atoms with Crippen LogP contribution in [-0.4, -0.2) is 18.1 Å². The van der Waals surface area contributed by atoms with Crippen molar-refractivity contribution in [3.05, 3.63) is 48.0 Å². The minimum Gasteiger partial charge on any atom is -0.508 e. The number of unbranched alkanes of at least 4 members (excludes halogenated alkanes) is 6. The topological polar surface area (TPSA) is 83.8 Å². The molecule has 0 spiro atoms. The van der Waals surface area contributed by atoms with E-state index < -0.39 is 10.1 Å². The first-order valence-corrected chi connectivity index (χ1v) is 10.9. The summed E-state index contributed by atoms with van der Waals surface area (Å²) in [6.45, 7) is 2.21. The van der Waals surface area contributed by atoms with Gasteiger partial charge in [0.25, 0.3) is 10.1 Å². The summed E-state index contributed by atoms with van der Waals surface area (Å²) >= 11 is 0. The van der Waals surface area contributed by atoms with Crippen molar-refractivity contribution in [2.24, 2.45) is 0 Å². The summed E-state index contributed by atoms with van der Waals surface area (Å²) in [5.74, 6) is 1.05. The molecule has 0 aliphatic rings. The predicted molar refractivity (Wildman–Crippen MR) is 106 cm³/mol. The molecule has 6 heteroatoms. The standard InChI is InChI=1S/C21H28O5S/c1-2-3-4-5-6-7-8-10-17-15-19(13-14-21(17)22)26-18-11-9-12-20(16-18)27(23,24)25/h9,11-16,22H,2-8,10H2,1H3,(H,23,24,25). The molecule has 0 unspecified atom stereocenters. The third-order valence-electron chi connectivity index (χ3n) is 4.44. The summed E-state index contributed by atoms with van der Waals surface area (Å²) in [5, 5.41) is 10.1. The molecule has 0 radical (unpaired) electrons. The van der Waals surface area contributed by atoms with Gasteiger partial charge in [0.15, 0.2) is 0 Å². The third-order valence-corrected chi connectivity index (χ3v) is 5.29. The highest BCUT2D eigenvalue weighted by Crippen LogP contribution is 2.29. The van der Waals surface area contributed by atoms with Crippen LogP contribution in [-0.2, 0) is 16.5 Å². The van der Waals surface area contributed by atoms with Crippen LogP contribution in [0.15, 0.2) is 47.4 Å². The highest BCUT2D eigenvalue weighted by atomic mass is 32.2. The summed E-state index contributed by atoms with van der Waals surface area (Å²) in [5.41, 5.74) is 0.812. The lowest BCUT2D eigenvalue weighted by atomic mass is 10.0. The van der Waals surface area contributed by atoms with Gasteiger partial charge in [0, 0.05) is 6.07 Å². The van der Waals surface area contributed by atoms with Crippen molar-refractivity contribution in [1.82, 2.24) is 0 Å². The summed E-state index contributed by atoms with van der Waals surface area (Å²) < 4.78 is 37.3. The van der Waals surface area contributed by atoms with Gasteiger partial charge in [-0.15, -0.1) is 0 Å². The molecule has 2 N–H and O–H groups in total. The molecule has 0 saturated carbocycles. The number of ether oxygens (including phenoxy) is 1. The van der Waals surface area contributed by atoms with Gasteiger partial charge in [-0.05, 0) is 48.7 Å². The van der Waals surface area contributed by atoms with Crippen molar-refractivity contribution >= 4 is 10.1 Å². The Balaban J connectivity index is 1.95. The molecule has 0 bridgehead atoms. The molecule has 0 aliphatic carbocycles. The Morgan fingerprint density at radius 2 is 1.56 bits per heavy atom. The Labute approximate surface area is 161 Å². The summed E-state index contributed by atoms with van der Waals surface area (Å²) in [6, 6.07) is 10.6. The average Bonchev–Trinajstić information content (AvgIpc) is 2.63. The van der Waals surface area contributed by atoms with Gasteiger partial charge in [0.05, 0.1) is 4.90 Å². The maximum absolute atomic E-state index is 11.2. The van der Waals surface area contributed by atoms with Gasteiger partial charge in [0.1, 0.15) is 17.2 Å². The number of phenols is 1. The maximum Gasteiger partial charge on any atom is 0.294 e. The van der Waals surface area contributed by atoms with Crippen molar-refractivity contribution in [3.8, 4) is 17.2 Å². The molecule has 2 aromatic carbocycles. The molecule has 0 atom stereocenters. The number of aryl methyl sites for hydroxylation is 1. The zero-order valence-corrected chi connectivity index (χ0v) is 16.5. The zero-order valence-electron chi connectivity index (χ0n) is 15.7. The normalized spacial score (nSPS) is 11.5. The number of rotatable bonds is 11. The summed E-state index contributed by atoms with van der Waals surface area (Å²) in [7, 11) is -4.28.